The van der Waals surface area contributed by atoms with Gasteiger partial charge in [-0.1, -0.05) is 127 Å². The first-order chi connectivity index (χ1) is 28.3. The van der Waals surface area contributed by atoms with Crippen molar-refractivity contribution in [1.82, 2.24) is 4.57 Å². The molecule has 57 heavy (non-hydrogen) atoms. The zero-order chi connectivity index (χ0) is 37.5. The predicted octanol–water partition coefficient (Wildman–Crippen LogP) is 15.2. The highest BCUT2D eigenvalue weighted by Gasteiger charge is 2.28. The Balaban J connectivity index is 1.05. The Morgan fingerprint density at radius 3 is 1.82 bits per heavy atom. The van der Waals surface area contributed by atoms with Crippen LogP contribution in [0.15, 0.2) is 212 Å². The molecule has 0 N–H and O–H groups in total. The van der Waals surface area contributed by atoms with Gasteiger partial charge in [-0.15, -0.1) is 0 Å². The van der Waals surface area contributed by atoms with Crippen LogP contribution in [0.2, 0.25) is 0 Å². The highest BCUT2D eigenvalue weighted by molar-refractivity contribution is 6.19. The zero-order valence-corrected chi connectivity index (χ0v) is 31.0. The molecule has 2 heterocycles. The minimum absolute atomic E-state index is 1.09. The molecule has 0 saturated carbocycles. The van der Waals surface area contributed by atoms with Gasteiger partial charge in [0.2, 0.25) is 0 Å². The van der Waals surface area contributed by atoms with E-state index >= 15 is 0 Å². The molecule has 1 aliphatic heterocycles. The van der Waals surface area contributed by atoms with E-state index in [0.717, 1.165) is 28.4 Å². The summed E-state index contributed by atoms with van der Waals surface area (Å²) < 4.78 is 2.38. The van der Waals surface area contributed by atoms with Crippen LogP contribution >= 0.6 is 0 Å². The Kier molecular flexibility index (Phi) is 6.93. The largest absolute Gasteiger partial charge is 0.310 e. The van der Waals surface area contributed by atoms with Gasteiger partial charge in [-0.3, -0.25) is 0 Å². The van der Waals surface area contributed by atoms with Gasteiger partial charge in [0, 0.05) is 50.2 Å². The third-order valence-electron chi connectivity index (χ3n) is 11.8. The average Bonchev–Trinajstić information content (AvgIpc) is 3.61. The maximum atomic E-state index is 2.45. The number of rotatable bonds is 5. The lowest BCUT2D eigenvalue weighted by atomic mass is 9.87. The van der Waals surface area contributed by atoms with E-state index in [-0.39, 0.29) is 0 Å². The summed E-state index contributed by atoms with van der Waals surface area (Å²) in [6.45, 7) is 0. The second kappa shape index (κ2) is 12.5. The maximum Gasteiger partial charge on any atom is 0.0547 e. The minimum atomic E-state index is 1.09. The third-order valence-corrected chi connectivity index (χ3v) is 11.8. The van der Waals surface area contributed by atoms with Gasteiger partial charge in [0.1, 0.15) is 0 Å². The third kappa shape index (κ3) is 4.86. The van der Waals surface area contributed by atoms with Crippen LogP contribution in [0.5, 0.6) is 0 Å². The van der Waals surface area contributed by atoms with Crippen LogP contribution in [-0.4, -0.2) is 4.57 Å². The molecule has 0 radical (unpaired) electrons. The first-order valence-corrected chi connectivity index (χ1v) is 19.6. The molecule has 0 fully saturated rings. The van der Waals surface area contributed by atoms with Gasteiger partial charge in [0.25, 0.3) is 0 Å². The molecule has 1 aromatic heterocycles. The standard InChI is InChI=1S/C54H35N3/c1-2-17-40(18-3-1)56-49-22-9-8-20-46(49)48-35-44(31-33-50(48)56)55(43-26-24-36-12-4-5-14-39(36)34-43)41-27-29-42(30-28-41)57-51-23-11-16-38-15-10-21-47(53(38)51)54-45-19-7-6-13-37(45)25-32-52(54)57/h1-35H. The summed E-state index contributed by atoms with van der Waals surface area (Å²) in [5.41, 5.74) is 12.9. The number of para-hydroxylation sites is 2. The van der Waals surface area contributed by atoms with Crippen LogP contribution in [-0.2, 0) is 0 Å². The molecule has 0 bridgehead atoms. The summed E-state index contributed by atoms with van der Waals surface area (Å²) in [6, 6.07) is 77.6. The van der Waals surface area contributed by atoms with E-state index < -0.39 is 0 Å². The zero-order valence-electron chi connectivity index (χ0n) is 31.0. The molecule has 3 nitrogen and oxygen atoms in total. The van der Waals surface area contributed by atoms with Crippen molar-refractivity contribution in [2.45, 2.75) is 0 Å². The van der Waals surface area contributed by atoms with E-state index in [1.54, 1.807) is 0 Å². The Bertz CT molecular complexity index is 3350. The second-order valence-corrected chi connectivity index (χ2v) is 15.0. The molecular formula is C54H35N3. The lowest BCUT2D eigenvalue weighted by Gasteiger charge is -2.34. The van der Waals surface area contributed by atoms with E-state index in [0.29, 0.717) is 0 Å². The van der Waals surface area contributed by atoms with E-state index in [4.69, 9.17) is 0 Å². The normalized spacial score (nSPS) is 12.2. The monoisotopic (exact) mass is 725 g/mol. The lowest BCUT2D eigenvalue weighted by molar-refractivity contribution is 1.18. The number of aromatic nitrogens is 1. The summed E-state index contributed by atoms with van der Waals surface area (Å²) in [4.78, 5) is 4.85. The van der Waals surface area contributed by atoms with Crippen molar-refractivity contribution in [3.05, 3.63) is 212 Å². The Hall–Kier alpha value is -7.62. The minimum Gasteiger partial charge on any atom is -0.310 e. The summed E-state index contributed by atoms with van der Waals surface area (Å²) in [5.74, 6) is 0. The van der Waals surface area contributed by atoms with Crippen molar-refractivity contribution in [2.75, 3.05) is 9.80 Å². The number of benzene rings is 10. The number of nitrogens with zero attached hydrogens (tertiary/aromatic N) is 3. The molecule has 0 aliphatic carbocycles. The predicted molar refractivity (Wildman–Crippen MR) is 242 cm³/mol. The van der Waals surface area contributed by atoms with Crippen LogP contribution < -0.4 is 9.80 Å². The van der Waals surface area contributed by atoms with E-state index in [1.165, 1.54) is 76.6 Å². The highest BCUT2D eigenvalue weighted by Crippen LogP contribution is 2.53. The van der Waals surface area contributed by atoms with E-state index in [2.05, 4.69) is 227 Å². The molecule has 0 amide bonds. The first kappa shape index (κ1) is 31.7. The lowest BCUT2D eigenvalue weighted by Crippen LogP contribution is -2.15. The second-order valence-electron chi connectivity index (χ2n) is 15.0. The van der Waals surface area contributed by atoms with E-state index in [9.17, 15) is 0 Å². The smallest absolute Gasteiger partial charge is 0.0547 e. The summed E-state index contributed by atoms with van der Waals surface area (Å²) >= 11 is 0. The summed E-state index contributed by atoms with van der Waals surface area (Å²) in [5, 5.41) is 9.94. The van der Waals surface area contributed by atoms with Crippen LogP contribution in [0.1, 0.15) is 0 Å². The average molecular weight is 726 g/mol. The molecule has 10 aromatic carbocycles. The fourth-order valence-corrected chi connectivity index (χ4v) is 9.32. The maximum absolute atomic E-state index is 2.45. The number of fused-ring (bicyclic) bond motifs is 8. The van der Waals surface area contributed by atoms with Crippen LogP contribution in [0.3, 0.4) is 0 Å². The molecule has 12 rings (SSSR count). The number of anilines is 6. The quantitative estimate of drug-likeness (QED) is 0.175. The molecule has 1 aliphatic rings. The molecule has 0 unspecified atom stereocenters. The van der Waals surface area contributed by atoms with Gasteiger partial charge in [0.05, 0.1) is 22.4 Å². The molecule has 11 aromatic rings. The van der Waals surface area contributed by atoms with Crippen molar-refractivity contribution in [3.8, 4) is 16.8 Å². The van der Waals surface area contributed by atoms with Gasteiger partial charge in [-0.2, -0.15) is 0 Å². The number of hydrogen-bond donors (Lipinski definition) is 0. The van der Waals surface area contributed by atoms with Crippen LogP contribution in [0.25, 0.3) is 70.9 Å². The Morgan fingerprint density at radius 1 is 0.333 bits per heavy atom. The SMILES string of the molecule is c1ccc(-n2c3ccccc3c3cc(N(c4ccc(N5c6ccc7ccccc7c6-c6cccc7cccc5c67)cc4)c4ccc5ccccc5c4)ccc32)cc1. The molecule has 0 saturated heterocycles. The van der Waals surface area contributed by atoms with Crippen LogP contribution in [0, 0.1) is 0 Å². The van der Waals surface area contributed by atoms with Gasteiger partial charge in [0.15, 0.2) is 0 Å². The number of hydrogen-bond acceptors (Lipinski definition) is 2. The molecular weight excluding hydrogens is 691 g/mol. The van der Waals surface area contributed by atoms with Gasteiger partial charge in [-0.05, 0) is 117 Å². The fraction of sp³-hybridized carbons (Fsp3) is 0. The van der Waals surface area contributed by atoms with Gasteiger partial charge < -0.3 is 14.4 Å². The Labute approximate surface area is 330 Å². The molecule has 3 heteroatoms. The Morgan fingerprint density at radius 2 is 0.965 bits per heavy atom. The van der Waals surface area contributed by atoms with Crippen LogP contribution in [0.4, 0.5) is 34.1 Å². The summed E-state index contributed by atoms with van der Waals surface area (Å²) in [7, 11) is 0. The van der Waals surface area contributed by atoms with Gasteiger partial charge in [-0.25, -0.2) is 0 Å². The van der Waals surface area contributed by atoms with E-state index in [1.807, 2.05) is 0 Å². The van der Waals surface area contributed by atoms with Crippen molar-refractivity contribution in [2.24, 2.45) is 0 Å². The van der Waals surface area contributed by atoms with Crippen molar-refractivity contribution in [1.29, 1.82) is 0 Å². The topological polar surface area (TPSA) is 11.4 Å². The van der Waals surface area contributed by atoms with Crippen molar-refractivity contribution >= 4 is 88.2 Å². The summed E-state index contributed by atoms with van der Waals surface area (Å²) in [6.07, 6.45) is 0. The highest BCUT2D eigenvalue weighted by atomic mass is 15.2. The van der Waals surface area contributed by atoms with Crippen molar-refractivity contribution in [3.63, 3.8) is 0 Å². The first-order valence-electron chi connectivity index (χ1n) is 19.6. The molecule has 266 valence electrons. The molecule has 0 spiro atoms. The molecule has 0 atom stereocenters. The fourth-order valence-electron chi connectivity index (χ4n) is 9.32. The van der Waals surface area contributed by atoms with Crippen molar-refractivity contribution < 1.29 is 0 Å². The van der Waals surface area contributed by atoms with Gasteiger partial charge >= 0.3 is 0 Å².